The van der Waals surface area contributed by atoms with Crippen LogP contribution >= 0.6 is 11.3 Å². The van der Waals surface area contributed by atoms with E-state index in [1.807, 2.05) is 31.2 Å². The molecular weight excluding hydrogens is 372 g/mol. The quantitative estimate of drug-likeness (QED) is 0.703. The van der Waals surface area contributed by atoms with Gasteiger partial charge in [0.15, 0.2) is 0 Å². The second kappa shape index (κ2) is 7.75. The third-order valence-electron chi connectivity index (χ3n) is 5.16. The van der Waals surface area contributed by atoms with Gasteiger partial charge in [-0.25, -0.2) is 9.97 Å². The summed E-state index contributed by atoms with van der Waals surface area (Å²) in [5.41, 5.74) is 1.37. The van der Waals surface area contributed by atoms with Gasteiger partial charge in [-0.05, 0) is 37.8 Å². The molecule has 0 aliphatic carbocycles. The molecule has 1 aliphatic rings. The minimum absolute atomic E-state index is 0.141. The maximum Gasteiger partial charge on any atom is 0.257 e. The number of hydrogen-bond acceptors (Lipinski definition) is 6. The van der Waals surface area contributed by atoms with E-state index < -0.39 is 0 Å². The molecule has 1 aliphatic heterocycles. The number of anilines is 2. The van der Waals surface area contributed by atoms with Crippen LogP contribution in [0.4, 0.5) is 11.5 Å². The van der Waals surface area contributed by atoms with Crippen LogP contribution < -0.4 is 15.0 Å². The van der Waals surface area contributed by atoms with Crippen molar-refractivity contribution < 1.29 is 9.53 Å². The van der Waals surface area contributed by atoms with Crippen molar-refractivity contribution in [2.45, 2.75) is 26.7 Å². The molecule has 0 unspecified atom stereocenters. The van der Waals surface area contributed by atoms with Crippen molar-refractivity contribution in [2.75, 3.05) is 30.4 Å². The standard InChI is InChI=1S/C21H24N4O2S/c1-13-6-5-9-25(11-13)19-18-17(14(2)28-21(18)23-12-22-19)20(26)24-15-7-4-8-16(10-15)27-3/h4,7-8,10,12-13H,5-6,9,11H2,1-3H3,(H,24,26)/t13-/m1/s1. The first-order chi connectivity index (χ1) is 13.6. The van der Waals surface area contributed by atoms with Crippen molar-refractivity contribution in [1.82, 2.24) is 9.97 Å². The Kier molecular flexibility index (Phi) is 5.17. The summed E-state index contributed by atoms with van der Waals surface area (Å²) in [4.78, 5) is 26.3. The molecule has 3 aromatic rings. The second-order valence-electron chi connectivity index (χ2n) is 7.29. The number of nitrogens with one attached hydrogen (secondary N) is 1. The van der Waals surface area contributed by atoms with Crippen LogP contribution in [-0.4, -0.2) is 36.1 Å². The first kappa shape index (κ1) is 18.7. The van der Waals surface area contributed by atoms with Crippen LogP contribution in [0.5, 0.6) is 5.75 Å². The molecule has 1 saturated heterocycles. The van der Waals surface area contributed by atoms with Gasteiger partial charge in [0.2, 0.25) is 0 Å². The van der Waals surface area contributed by atoms with E-state index in [1.54, 1.807) is 24.8 Å². The lowest BCUT2D eigenvalue weighted by atomic mass is 10.00. The molecule has 0 radical (unpaired) electrons. The first-order valence-corrected chi connectivity index (χ1v) is 10.3. The molecule has 28 heavy (non-hydrogen) atoms. The lowest BCUT2D eigenvalue weighted by Crippen LogP contribution is -2.35. The van der Waals surface area contributed by atoms with Gasteiger partial charge >= 0.3 is 0 Å². The highest BCUT2D eigenvalue weighted by Gasteiger charge is 2.26. The number of thiophene rings is 1. The molecule has 4 rings (SSSR count). The average molecular weight is 397 g/mol. The van der Waals surface area contributed by atoms with Crippen LogP contribution in [0.25, 0.3) is 10.2 Å². The third kappa shape index (κ3) is 3.54. The lowest BCUT2D eigenvalue weighted by molar-refractivity contribution is 0.102. The Balaban J connectivity index is 1.73. The highest BCUT2D eigenvalue weighted by molar-refractivity contribution is 7.19. The molecule has 6 nitrogen and oxygen atoms in total. The van der Waals surface area contributed by atoms with Gasteiger partial charge in [-0.15, -0.1) is 11.3 Å². The molecule has 0 saturated carbocycles. The molecule has 2 aromatic heterocycles. The van der Waals surface area contributed by atoms with Gasteiger partial charge in [-0.2, -0.15) is 0 Å². The summed E-state index contributed by atoms with van der Waals surface area (Å²) in [6.07, 6.45) is 3.98. The Bertz CT molecular complexity index is 1020. The Morgan fingerprint density at radius 3 is 3.00 bits per heavy atom. The minimum Gasteiger partial charge on any atom is -0.497 e. The van der Waals surface area contributed by atoms with E-state index in [9.17, 15) is 4.79 Å². The Morgan fingerprint density at radius 2 is 2.21 bits per heavy atom. The molecule has 3 heterocycles. The SMILES string of the molecule is COc1cccc(NC(=O)c2c(C)sc3ncnc(N4CCC[C@@H](C)C4)c23)c1. The van der Waals surface area contributed by atoms with Crippen LogP contribution in [0.1, 0.15) is 35.0 Å². The number of rotatable bonds is 4. The first-order valence-electron chi connectivity index (χ1n) is 9.51. The van der Waals surface area contributed by atoms with Crippen LogP contribution in [0.2, 0.25) is 0 Å². The molecular formula is C21H24N4O2S. The molecule has 1 fully saturated rings. The molecule has 1 amide bonds. The van der Waals surface area contributed by atoms with E-state index in [2.05, 4.69) is 27.1 Å². The Hall–Kier alpha value is -2.67. The zero-order valence-electron chi connectivity index (χ0n) is 16.4. The Morgan fingerprint density at radius 1 is 1.36 bits per heavy atom. The van der Waals surface area contributed by atoms with Crippen molar-refractivity contribution >= 4 is 39.0 Å². The highest BCUT2D eigenvalue weighted by atomic mass is 32.1. The zero-order valence-corrected chi connectivity index (χ0v) is 17.2. The summed E-state index contributed by atoms with van der Waals surface area (Å²) < 4.78 is 5.25. The van der Waals surface area contributed by atoms with Gasteiger partial charge in [0.05, 0.1) is 18.1 Å². The minimum atomic E-state index is -0.141. The van der Waals surface area contributed by atoms with E-state index in [1.165, 1.54) is 6.42 Å². The number of carbonyl (C=O) groups excluding carboxylic acids is 1. The van der Waals surface area contributed by atoms with Gasteiger partial charge in [0.1, 0.15) is 22.7 Å². The molecule has 146 valence electrons. The summed E-state index contributed by atoms with van der Waals surface area (Å²) in [5.74, 6) is 2.05. The number of carbonyl (C=O) groups is 1. The summed E-state index contributed by atoms with van der Waals surface area (Å²) >= 11 is 1.54. The topological polar surface area (TPSA) is 67.3 Å². The van der Waals surface area contributed by atoms with Crippen molar-refractivity contribution in [3.05, 3.63) is 41.0 Å². The summed E-state index contributed by atoms with van der Waals surface area (Å²) in [5, 5.41) is 3.87. The third-order valence-corrected chi connectivity index (χ3v) is 6.17. The number of aromatic nitrogens is 2. The molecule has 0 bridgehead atoms. The molecule has 0 spiro atoms. The van der Waals surface area contributed by atoms with Crippen molar-refractivity contribution in [3.8, 4) is 5.75 Å². The second-order valence-corrected chi connectivity index (χ2v) is 8.49. The van der Waals surface area contributed by atoms with Crippen molar-refractivity contribution in [3.63, 3.8) is 0 Å². The Labute approximate surface area is 168 Å². The van der Waals surface area contributed by atoms with E-state index >= 15 is 0 Å². The number of fused-ring (bicyclic) bond motifs is 1. The van der Waals surface area contributed by atoms with E-state index in [-0.39, 0.29) is 5.91 Å². The number of ether oxygens (including phenoxy) is 1. The average Bonchev–Trinajstić information content (AvgIpc) is 3.04. The highest BCUT2D eigenvalue weighted by Crippen LogP contribution is 2.36. The van der Waals surface area contributed by atoms with Gasteiger partial charge in [0.25, 0.3) is 5.91 Å². The van der Waals surface area contributed by atoms with E-state index in [4.69, 9.17) is 4.74 Å². The number of benzene rings is 1. The number of nitrogens with zero attached hydrogens (tertiary/aromatic N) is 3. The summed E-state index contributed by atoms with van der Waals surface area (Å²) in [6.45, 7) is 6.15. The normalized spacial score (nSPS) is 17.0. The zero-order chi connectivity index (χ0) is 19.7. The monoisotopic (exact) mass is 396 g/mol. The van der Waals surface area contributed by atoms with Crippen molar-refractivity contribution in [2.24, 2.45) is 5.92 Å². The predicted octanol–water partition coefficient (Wildman–Crippen LogP) is 4.50. The number of piperidine rings is 1. The van der Waals surface area contributed by atoms with E-state index in [0.29, 0.717) is 22.9 Å². The van der Waals surface area contributed by atoms with Gasteiger partial charge in [-0.3, -0.25) is 4.79 Å². The fourth-order valence-corrected chi connectivity index (χ4v) is 4.80. The van der Waals surface area contributed by atoms with Gasteiger partial charge in [0, 0.05) is 29.7 Å². The fourth-order valence-electron chi connectivity index (χ4n) is 3.82. The largest absolute Gasteiger partial charge is 0.497 e. The maximum atomic E-state index is 13.2. The summed E-state index contributed by atoms with van der Waals surface area (Å²) in [6, 6.07) is 7.38. The number of amides is 1. The molecule has 7 heteroatoms. The van der Waals surface area contributed by atoms with Gasteiger partial charge < -0.3 is 15.0 Å². The molecule has 1 atom stereocenters. The molecule has 1 aromatic carbocycles. The van der Waals surface area contributed by atoms with Crippen LogP contribution in [0, 0.1) is 12.8 Å². The molecule has 1 N–H and O–H groups in total. The maximum absolute atomic E-state index is 13.2. The predicted molar refractivity (Wildman–Crippen MR) is 114 cm³/mol. The summed E-state index contributed by atoms with van der Waals surface area (Å²) in [7, 11) is 1.61. The smallest absolute Gasteiger partial charge is 0.257 e. The number of aryl methyl sites for hydroxylation is 1. The van der Waals surface area contributed by atoms with Crippen LogP contribution in [-0.2, 0) is 0 Å². The number of hydrogen-bond donors (Lipinski definition) is 1. The van der Waals surface area contributed by atoms with E-state index in [0.717, 1.165) is 40.4 Å². The van der Waals surface area contributed by atoms with Crippen molar-refractivity contribution in [1.29, 1.82) is 0 Å². The van der Waals surface area contributed by atoms with Gasteiger partial charge in [-0.1, -0.05) is 13.0 Å². The van der Waals surface area contributed by atoms with Crippen LogP contribution in [0.3, 0.4) is 0 Å². The lowest BCUT2D eigenvalue weighted by Gasteiger charge is -2.32. The number of methoxy groups -OCH3 is 1. The van der Waals surface area contributed by atoms with Crippen LogP contribution in [0.15, 0.2) is 30.6 Å². The fraction of sp³-hybridized carbons (Fsp3) is 0.381.